The Morgan fingerprint density at radius 3 is 2.11 bits per heavy atom. The van der Waals surface area contributed by atoms with Gasteiger partial charge in [-0.25, -0.2) is 13.2 Å². The van der Waals surface area contributed by atoms with Gasteiger partial charge in [-0.2, -0.15) is 4.72 Å². The second-order valence-corrected chi connectivity index (χ2v) is 13.2. The molecule has 0 spiro atoms. The van der Waals surface area contributed by atoms with Crippen LogP contribution in [0.25, 0.3) is 10.8 Å². The Bertz CT molecular complexity index is 1770. The number of nitrogens with zero attached hydrogens (tertiary/aromatic N) is 2. The molecule has 228 valence electrons. The predicted octanol–water partition coefficient (Wildman–Crippen LogP) is 3.83. The van der Waals surface area contributed by atoms with E-state index in [1.54, 1.807) is 46.2 Å². The van der Waals surface area contributed by atoms with Crippen molar-refractivity contribution in [2.75, 3.05) is 26.2 Å². The first-order chi connectivity index (χ1) is 21.1. The number of piperazine rings is 1. The molecular weight excluding hydrogens is 644 g/mol. The molecule has 44 heavy (non-hydrogen) atoms. The third-order valence-electron chi connectivity index (χ3n) is 7.57. The Morgan fingerprint density at radius 1 is 0.841 bits per heavy atom. The number of amidine groups is 1. The second-order valence-electron chi connectivity index (χ2n) is 10.6. The average Bonchev–Trinajstić information content (AvgIpc) is 3.03. The van der Waals surface area contributed by atoms with Crippen LogP contribution < -0.4 is 15.8 Å². The Morgan fingerprint density at radius 2 is 1.45 bits per heavy atom. The van der Waals surface area contributed by atoms with Crippen LogP contribution in [0, 0.1) is 5.41 Å². The molecule has 1 aliphatic heterocycles. The molecule has 0 aromatic heterocycles. The monoisotopic (exact) mass is 676 g/mol. The molecule has 5 N–H and O–H groups in total. The van der Waals surface area contributed by atoms with Crippen molar-refractivity contribution in [1.29, 1.82) is 5.41 Å². The van der Waals surface area contributed by atoms with Crippen LogP contribution in [-0.4, -0.2) is 68.2 Å². The number of carbonyl (C=O) groups is 2. The summed E-state index contributed by atoms with van der Waals surface area (Å²) in [5, 5.41) is 12.2. The topological polar surface area (TPSA) is 149 Å². The summed E-state index contributed by atoms with van der Waals surface area (Å²) < 4.78 is 30.7. The van der Waals surface area contributed by atoms with Gasteiger partial charge in [0.2, 0.25) is 15.9 Å². The number of benzene rings is 4. The second kappa shape index (κ2) is 13.6. The van der Waals surface area contributed by atoms with Gasteiger partial charge in [-0.1, -0.05) is 82.7 Å². The summed E-state index contributed by atoms with van der Waals surface area (Å²) in [6.45, 7) is 1.54. The minimum atomic E-state index is -4.07. The van der Waals surface area contributed by atoms with Crippen LogP contribution in [-0.2, 0) is 27.8 Å². The third-order valence-corrected chi connectivity index (χ3v) is 9.57. The van der Waals surface area contributed by atoms with Gasteiger partial charge in [-0.05, 0) is 52.6 Å². The lowest BCUT2D eigenvalue weighted by atomic mass is 10.0. The van der Waals surface area contributed by atoms with Crippen molar-refractivity contribution < 1.29 is 18.0 Å². The number of amides is 3. The van der Waals surface area contributed by atoms with E-state index in [1.807, 2.05) is 48.5 Å². The summed E-state index contributed by atoms with van der Waals surface area (Å²) in [6, 6.07) is 25.5. The summed E-state index contributed by atoms with van der Waals surface area (Å²) in [7, 11) is -4.07. The Balaban J connectivity index is 1.29. The van der Waals surface area contributed by atoms with Crippen LogP contribution in [0.2, 0.25) is 0 Å². The summed E-state index contributed by atoms with van der Waals surface area (Å²) in [5.41, 5.74) is 7.79. The van der Waals surface area contributed by atoms with E-state index in [4.69, 9.17) is 11.1 Å². The number of urea groups is 1. The average molecular weight is 678 g/mol. The minimum Gasteiger partial charge on any atom is -0.384 e. The summed E-state index contributed by atoms with van der Waals surface area (Å²) in [5.74, 6) is -0.458. The highest BCUT2D eigenvalue weighted by Crippen LogP contribution is 2.20. The van der Waals surface area contributed by atoms with Crippen molar-refractivity contribution in [3.05, 3.63) is 112 Å². The molecule has 4 aromatic carbocycles. The molecule has 1 aliphatic rings. The largest absolute Gasteiger partial charge is 0.384 e. The molecule has 1 atom stereocenters. The molecule has 0 aliphatic carbocycles. The van der Waals surface area contributed by atoms with E-state index in [0.717, 1.165) is 20.8 Å². The highest BCUT2D eigenvalue weighted by Gasteiger charge is 2.32. The predicted molar refractivity (Wildman–Crippen MR) is 174 cm³/mol. The molecule has 0 saturated carbocycles. The zero-order valence-corrected chi connectivity index (χ0v) is 26.3. The lowest BCUT2D eigenvalue weighted by Crippen LogP contribution is -2.57. The van der Waals surface area contributed by atoms with Crippen molar-refractivity contribution in [2.24, 2.45) is 5.73 Å². The van der Waals surface area contributed by atoms with Crippen LogP contribution in [0.4, 0.5) is 4.79 Å². The molecule has 1 heterocycles. The number of nitrogen functional groups attached to an aromatic ring is 1. The van der Waals surface area contributed by atoms with Gasteiger partial charge in [0.1, 0.15) is 11.9 Å². The summed E-state index contributed by atoms with van der Waals surface area (Å²) in [4.78, 5) is 29.9. The van der Waals surface area contributed by atoms with E-state index in [0.29, 0.717) is 30.8 Å². The van der Waals surface area contributed by atoms with E-state index in [1.165, 1.54) is 6.07 Å². The zero-order chi connectivity index (χ0) is 31.3. The highest BCUT2D eigenvalue weighted by molar-refractivity contribution is 9.10. The molecule has 0 bridgehead atoms. The van der Waals surface area contributed by atoms with Gasteiger partial charge in [0.25, 0.3) is 0 Å². The number of rotatable bonds is 9. The Hall–Kier alpha value is -4.26. The number of halogens is 1. The lowest BCUT2D eigenvalue weighted by Gasteiger charge is -2.36. The molecule has 12 heteroatoms. The van der Waals surface area contributed by atoms with Gasteiger partial charge < -0.3 is 20.9 Å². The maximum atomic E-state index is 13.8. The lowest BCUT2D eigenvalue weighted by molar-refractivity contribution is -0.134. The van der Waals surface area contributed by atoms with Gasteiger partial charge in [-0.3, -0.25) is 10.2 Å². The van der Waals surface area contributed by atoms with Crippen LogP contribution in [0.5, 0.6) is 0 Å². The molecule has 10 nitrogen and oxygen atoms in total. The molecule has 1 fully saturated rings. The highest BCUT2D eigenvalue weighted by atomic mass is 79.9. The number of hydrogen-bond acceptors (Lipinski definition) is 5. The molecule has 3 amide bonds. The summed E-state index contributed by atoms with van der Waals surface area (Å²) >= 11 is 3.40. The normalized spacial score (nSPS) is 14.3. The van der Waals surface area contributed by atoms with Crippen molar-refractivity contribution in [3.8, 4) is 0 Å². The first kappa shape index (κ1) is 31.2. The van der Waals surface area contributed by atoms with E-state index in [2.05, 4.69) is 26.0 Å². The first-order valence-corrected chi connectivity index (χ1v) is 16.4. The van der Waals surface area contributed by atoms with Crippen molar-refractivity contribution in [3.63, 3.8) is 0 Å². The minimum absolute atomic E-state index is 0.0631. The fourth-order valence-corrected chi connectivity index (χ4v) is 6.56. The quantitative estimate of drug-likeness (QED) is 0.157. The van der Waals surface area contributed by atoms with Crippen molar-refractivity contribution in [1.82, 2.24) is 19.8 Å². The van der Waals surface area contributed by atoms with E-state index >= 15 is 0 Å². The van der Waals surface area contributed by atoms with Gasteiger partial charge in [-0.15, -0.1) is 0 Å². The van der Waals surface area contributed by atoms with Crippen LogP contribution in [0.15, 0.2) is 100 Å². The Labute approximate surface area is 264 Å². The van der Waals surface area contributed by atoms with Crippen molar-refractivity contribution in [2.45, 2.75) is 23.9 Å². The number of carbonyl (C=O) groups excluding carboxylic acids is 2. The van der Waals surface area contributed by atoms with E-state index < -0.39 is 16.1 Å². The van der Waals surface area contributed by atoms with Gasteiger partial charge in [0.05, 0.1) is 4.90 Å². The SMILES string of the molecule is N=C(N)c1ccc(C[C@H](NS(=O)(=O)c2ccc3ccccc3c2)C(=O)N2CCN(C(=O)NCc3ccc(Br)cc3)CC2)cc1. The third kappa shape index (κ3) is 7.62. The number of hydrogen-bond donors (Lipinski definition) is 4. The molecule has 4 aromatic rings. The first-order valence-electron chi connectivity index (χ1n) is 14.1. The number of nitrogens with one attached hydrogen (secondary N) is 3. The number of fused-ring (bicyclic) bond motifs is 1. The van der Waals surface area contributed by atoms with Gasteiger partial charge >= 0.3 is 6.03 Å². The van der Waals surface area contributed by atoms with Gasteiger partial charge in [0.15, 0.2) is 0 Å². The Kier molecular flexibility index (Phi) is 9.62. The standard InChI is InChI=1S/C32H33BrN6O4S/c33-27-12-7-23(8-13-27)21-36-32(41)39-17-15-38(16-18-39)31(40)29(19-22-5-9-25(10-6-22)30(34)35)37-44(42,43)28-14-11-24-3-1-2-4-26(24)20-28/h1-14,20,29,37H,15-19,21H2,(H3,34,35)(H,36,41)/t29-/m0/s1. The molecule has 1 saturated heterocycles. The maximum absolute atomic E-state index is 13.8. The molecule has 5 rings (SSSR count). The zero-order valence-electron chi connectivity index (χ0n) is 23.9. The number of sulfonamides is 1. The van der Waals surface area contributed by atoms with E-state index in [-0.39, 0.29) is 42.2 Å². The fourth-order valence-electron chi connectivity index (χ4n) is 5.07. The van der Waals surface area contributed by atoms with Crippen LogP contribution in [0.3, 0.4) is 0 Å². The van der Waals surface area contributed by atoms with Crippen LogP contribution in [0.1, 0.15) is 16.7 Å². The maximum Gasteiger partial charge on any atom is 0.317 e. The smallest absolute Gasteiger partial charge is 0.317 e. The van der Waals surface area contributed by atoms with Crippen LogP contribution >= 0.6 is 15.9 Å². The summed E-state index contributed by atoms with van der Waals surface area (Å²) in [6.07, 6.45) is 0.0950. The fraction of sp³-hybridized carbons (Fsp3) is 0.219. The molecular formula is C32H33BrN6O4S. The van der Waals surface area contributed by atoms with Gasteiger partial charge in [0, 0.05) is 42.8 Å². The molecule has 0 radical (unpaired) electrons. The van der Waals surface area contributed by atoms with Crippen molar-refractivity contribution >= 4 is 54.5 Å². The molecule has 0 unspecified atom stereocenters. The number of nitrogens with two attached hydrogens (primary N) is 1. The van der Waals surface area contributed by atoms with E-state index in [9.17, 15) is 18.0 Å².